The predicted octanol–water partition coefficient (Wildman–Crippen LogP) is 2.04. The van der Waals surface area contributed by atoms with Crippen LogP contribution in [0.3, 0.4) is 0 Å². The van der Waals surface area contributed by atoms with Crippen molar-refractivity contribution in [2.24, 2.45) is 0 Å². The van der Waals surface area contributed by atoms with Crippen LogP contribution in [-0.2, 0) is 16.7 Å². The molecule has 0 bridgehead atoms. The van der Waals surface area contributed by atoms with Crippen LogP contribution in [0.2, 0.25) is 5.02 Å². The number of rotatable bonds is 2. The molecule has 0 N–H and O–H groups in total. The highest BCUT2D eigenvalue weighted by Crippen LogP contribution is 2.22. The van der Waals surface area contributed by atoms with Gasteiger partial charge in [-0.25, -0.2) is 4.98 Å². The molecule has 0 aromatic carbocycles. The standard InChI is InChI=1S/C10H12Cl2N2OS/c11-6-8-5-10(13-7-9(8)12)14-1-3-16(15)4-2-14/h5,7H,1-4,6H2. The van der Waals surface area contributed by atoms with E-state index in [1.54, 1.807) is 6.20 Å². The number of pyridine rings is 1. The average Bonchev–Trinajstić information content (AvgIpc) is 2.31. The first-order chi connectivity index (χ1) is 7.70. The number of aromatic nitrogens is 1. The van der Waals surface area contributed by atoms with E-state index < -0.39 is 10.8 Å². The lowest BCUT2D eigenvalue weighted by atomic mass is 10.3. The molecule has 1 aliphatic rings. The summed E-state index contributed by atoms with van der Waals surface area (Å²) in [6.07, 6.45) is 1.63. The van der Waals surface area contributed by atoms with Gasteiger partial charge in [-0.15, -0.1) is 11.6 Å². The molecule has 1 aromatic heterocycles. The van der Waals surface area contributed by atoms with Crippen LogP contribution >= 0.6 is 23.2 Å². The summed E-state index contributed by atoms with van der Waals surface area (Å²) in [5.74, 6) is 2.67. The van der Waals surface area contributed by atoms with E-state index in [2.05, 4.69) is 9.88 Å². The topological polar surface area (TPSA) is 33.2 Å². The Labute approximate surface area is 107 Å². The van der Waals surface area contributed by atoms with Crippen LogP contribution in [0, 0.1) is 0 Å². The Morgan fingerprint density at radius 3 is 2.75 bits per heavy atom. The van der Waals surface area contributed by atoms with E-state index in [1.165, 1.54) is 0 Å². The van der Waals surface area contributed by atoms with Crippen LogP contribution in [0.4, 0.5) is 5.82 Å². The molecule has 0 spiro atoms. The van der Waals surface area contributed by atoms with Gasteiger partial charge in [-0.3, -0.25) is 4.21 Å². The first-order valence-electron chi connectivity index (χ1n) is 5.01. The van der Waals surface area contributed by atoms with Crippen LogP contribution in [0.15, 0.2) is 12.3 Å². The van der Waals surface area contributed by atoms with Crippen molar-refractivity contribution in [1.29, 1.82) is 0 Å². The molecule has 0 atom stereocenters. The number of anilines is 1. The Balaban J connectivity index is 2.17. The molecule has 0 amide bonds. The van der Waals surface area contributed by atoms with Crippen molar-refractivity contribution >= 4 is 39.8 Å². The molecule has 2 heterocycles. The van der Waals surface area contributed by atoms with Crippen molar-refractivity contribution in [2.45, 2.75) is 5.88 Å². The zero-order chi connectivity index (χ0) is 11.5. The third-order valence-corrected chi connectivity index (χ3v) is 4.47. The van der Waals surface area contributed by atoms with Gasteiger partial charge in [-0.1, -0.05) is 11.6 Å². The third-order valence-electron chi connectivity index (χ3n) is 2.57. The fourth-order valence-corrected chi connectivity index (χ4v) is 3.12. The van der Waals surface area contributed by atoms with Gasteiger partial charge in [0.2, 0.25) is 0 Å². The Morgan fingerprint density at radius 2 is 2.12 bits per heavy atom. The minimum atomic E-state index is -0.668. The van der Waals surface area contributed by atoms with E-state index in [1.807, 2.05) is 6.07 Å². The quantitative estimate of drug-likeness (QED) is 0.777. The van der Waals surface area contributed by atoms with Gasteiger partial charge in [0.15, 0.2) is 0 Å². The van der Waals surface area contributed by atoms with Crippen LogP contribution < -0.4 is 4.90 Å². The van der Waals surface area contributed by atoms with E-state index in [0.29, 0.717) is 22.4 Å². The van der Waals surface area contributed by atoms with E-state index in [4.69, 9.17) is 23.2 Å². The summed E-state index contributed by atoms with van der Waals surface area (Å²) in [7, 11) is -0.668. The summed E-state index contributed by atoms with van der Waals surface area (Å²) in [6.45, 7) is 1.56. The van der Waals surface area contributed by atoms with Crippen molar-refractivity contribution in [1.82, 2.24) is 4.98 Å². The van der Waals surface area contributed by atoms with Crippen molar-refractivity contribution in [3.63, 3.8) is 0 Å². The molecule has 2 rings (SSSR count). The van der Waals surface area contributed by atoms with Gasteiger partial charge >= 0.3 is 0 Å². The second kappa shape index (κ2) is 5.34. The summed E-state index contributed by atoms with van der Waals surface area (Å²) in [6, 6.07) is 1.91. The molecule has 1 saturated heterocycles. The van der Waals surface area contributed by atoms with Crippen LogP contribution in [0.25, 0.3) is 0 Å². The van der Waals surface area contributed by atoms with Gasteiger partial charge in [0.25, 0.3) is 0 Å². The fraction of sp³-hybridized carbons (Fsp3) is 0.500. The molecule has 1 aromatic rings. The maximum absolute atomic E-state index is 11.2. The van der Waals surface area contributed by atoms with E-state index in [9.17, 15) is 4.21 Å². The summed E-state index contributed by atoms with van der Waals surface area (Å²) < 4.78 is 11.2. The Hall–Kier alpha value is -0.320. The van der Waals surface area contributed by atoms with Crippen LogP contribution in [0.1, 0.15) is 5.56 Å². The van der Waals surface area contributed by atoms with Crippen LogP contribution in [-0.4, -0.2) is 33.8 Å². The Kier molecular flexibility index (Phi) is 4.05. The molecule has 0 unspecified atom stereocenters. The Bertz CT molecular complexity index is 404. The van der Waals surface area contributed by atoms with E-state index in [-0.39, 0.29) is 0 Å². The zero-order valence-corrected chi connectivity index (χ0v) is 11.0. The minimum absolute atomic E-state index is 0.383. The monoisotopic (exact) mass is 278 g/mol. The number of hydrogen-bond acceptors (Lipinski definition) is 3. The molecular formula is C10H12Cl2N2OS. The van der Waals surface area contributed by atoms with Gasteiger partial charge in [0.1, 0.15) is 5.82 Å². The molecule has 6 heteroatoms. The lowest BCUT2D eigenvalue weighted by Gasteiger charge is -2.27. The zero-order valence-electron chi connectivity index (χ0n) is 8.66. The molecule has 0 aliphatic carbocycles. The lowest BCUT2D eigenvalue weighted by molar-refractivity contribution is 0.672. The Morgan fingerprint density at radius 1 is 1.44 bits per heavy atom. The molecular weight excluding hydrogens is 267 g/mol. The van der Waals surface area contributed by atoms with Crippen molar-refractivity contribution < 1.29 is 4.21 Å². The maximum Gasteiger partial charge on any atom is 0.128 e. The number of halogens is 2. The highest BCUT2D eigenvalue weighted by atomic mass is 35.5. The molecule has 0 saturated carbocycles. The van der Waals surface area contributed by atoms with Gasteiger partial charge in [-0.2, -0.15) is 0 Å². The second-order valence-corrected chi connectivity index (χ2v) is 5.97. The van der Waals surface area contributed by atoms with Gasteiger partial charge in [0.05, 0.1) is 5.02 Å². The molecule has 16 heavy (non-hydrogen) atoms. The largest absolute Gasteiger partial charge is 0.355 e. The van der Waals surface area contributed by atoms with Gasteiger partial charge in [-0.05, 0) is 11.6 Å². The first kappa shape index (κ1) is 12.1. The summed E-state index contributed by atoms with van der Waals surface area (Å²) >= 11 is 11.7. The third kappa shape index (κ3) is 2.67. The van der Waals surface area contributed by atoms with E-state index >= 15 is 0 Å². The lowest BCUT2D eigenvalue weighted by Crippen LogP contribution is -2.38. The van der Waals surface area contributed by atoms with E-state index in [0.717, 1.165) is 24.5 Å². The average molecular weight is 279 g/mol. The number of nitrogens with zero attached hydrogens (tertiary/aromatic N) is 2. The molecule has 1 fully saturated rings. The fourth-order valence-electron chi connectivity index (χ4n) is 1.61. The second-order valence-electron chi connectivity index (χ2n) is 3.60. The normalized spacial score (nSPS) is 17.8. The molecule has 3 nitrogen and oxygen atoms in total. The number of hydrogen-bond donors (Lipinski definition) is 0. The van der Waals surface area contributed by atoms with Crippen molar-refractivity contribution in [3.05, 3.63) is 22.8 Å². The van der Waals surface area contributed by atoms with Gasteiger partial charge < -0.3 is 4.90 Å². The molecule has 1 aliphatic heterocycles. The minimum Gasteiger partial charge on any atom is -0.355 e. The van der Waals surface area contributed by atoms with Gasteiger partial charge in [0, 0.05) is 47.5 Å². The number of alkyl halides is 1. The molecule has 0 radical (unpaired) electrons. The highest BCUT2D eigenvalue weighted by molar-refractivity contribution is 7.85. The predicted molar refractivity (Wildman–Crippen MR) is 68.9 cm³/mol. The SMILES string of the molecule is O=S1CCN(c2cc(CCl)c(Cl)cn2)CC1. The van der Waals surface area contributed by atoms with Crippen molar-refractivity contribution in [2.75, 3.05) is 29.5 Å². The summed E-state index contributed by atoms with van der Waals surface area (Å²) in [5.41, 5.74) is 0.889. The highest BCUT2D eigenvalue weighted by Gasteiger charge is 2.17. The van der Waals surface area contributed by atoms with Crippen molar-refractivity contribution in [3.8, 4) is 0 Å². The summed E-state index contributed by atoms with van der Waals surface area (Å²) in [4.78, 5) is 6.39. The first-order valence-corrected chi connectivity index (χ1v) is 7.41. The smallest absolute Gasteiger partial charge is 0.128 e. The molecule has 88 valence electrons. The maximum atomic E-state index is 11.2. The summed E-state index contributed by atoms with van der Waals surface area (Å²) in [5, 5.41) is 0.597. The van der Waals surface area contributed by atoms with Crippen LogP contribution in [0.5, 0.6) is 0 Å².